The van der Waals surface area contributed by atoms with Gasteiger partial charge >= 0.3 is 0 Å². The molecule has 0 aliphatic carbocycles. The highest BCUT2D eigenvalue weighted by molar-refractivity contribution is 6.30. The minimum Gasteiger partial charge on any atom is -0.496 e. The van der Waals surface area contributed by atoms with E-state index in [0.717, 1.165) is 30.8 Å². The maximum atomic E-state index is 6.04. The van der Waals surface area contributed by atoms with Crippen LogP contribution in [-0.4, -0.2) is 26.4 Å². The zero-order chi connectivity index (χ0) is 12.3. The number of benzene rings is 1. The molecule has 2 atom stereocenters. The molecule has 4 heteroatoms. The van der Waals surface area contributed by atoms with Gasteiger partial charge in [-0.1, -0.05) is 11.6 Å². The average molecular weight is 256 g/mol. The summed E-state index contributed by atoms with van der Waals surface area (Å²) < 4.78 is 11.1. The molecule has 0 bridgehead atoms. The minimum absolute atomic E-state index is 0.158. The van der Waals surface area contributed by atoms with Gasteiger partial charge in [-0.15, -0.1) is 0 Å². The van der Waals surface area contributed by atoms with Gasteiger partial charge in [0, 0.05) is 29.7 Å². The Morgan fingerprint density at radius 2 is 2.41 bits per heavy atom. The Balaban J connectivity index is 2.31. The Bertz CT molecular complexity index is 378. The minimum atomic E-state index is 0.158. The maximum absolute atomic E-state index is 6.04. The third-order valence-electron chi connectivity index (χ3n) is 3.26. The number of hydrogen-bond acceptors (Lipinski definition) is 3. The van der Waals surface area contributed by atoms with Crippen molar-refractivity contribution >= 4 is 11.6 Å². The normalized spacial score (nSPS) is 21.5. The highest BCUT2D eigenvalue weighted by Gasteiger charge is 2.28. The second-order valence-corrected chi connectivity index (χ2v) is 4.72. The Kier molecular flexibility index (Phi) is 4.26. The number of ether oxygens (including phenoxy) is 2. The molecule has 1 heterocycles. The summed E-state index contributed by atoms with van der Waals surface area (Å²) in [4.78, 5) is 0. The first-order valence-electron chi connectivity index (χ1n) is 5.91. The first kappa shape index (κ1) is 12.7. The number of rotatable bonds is 4. The Labute approximate surface area is 107 Å². The van der Waals surface area contributed by atoms with Crippen LogP contribution < -0.4 is 10.5 Å². The van der Waals surface area contributed by atoms with Crippen LogP contribution in [0.5, 0.6) is 5.75 Å². The van der Waals surface area contributed by atoms with Gasteiger partial charge in [0.05, 0.1) is 13.2 Å². The highest BCUT2D eigenvalue weighted by atomic mass is 35.5. The molecule has 94 valence electrons. The van der Waals surface area contributed by atoms with Crippen LogP contribution in [0.15, 0.2) is 18.2 Å². The molecule has 0 saturated carbocycles. The number of nitrogens with two attached hydrogens (primary N) is 1. The molecule has 0 aromatic heterocycles. The van der Waals surface area contributed by atoms with Gasteiger partial charge in [0.1, 0.15) is 5.75 Å². The summed E-state index contributed by atoms with van der Waals surface area (Å²) in [5.41, 5.74) is 6.93. The lowest BCUT2D eigenvalue weighted by molar-refractivity contribution is 0.0898. The molecule has 1 aromatic rings. The van der Waals surface area contributed by atoms with Crippen molar-refractivity contribution in [2.75, 3.05) is 20.3 Å². The van der Waals surface area contributed by atoms with Crippen molar-refractivity contribution in [3.05, 3.63) is 28.8 Å². The molecule has 1 saturated heterocycles. The van der Waals surface area contributed by atoms with Crippen LogP contribution >= 0.6 is 11.6 Å². The third kappa shape index (κ3) is 2.73. The van der Waals surface area contributed by atoms with E-state index in [0.29, 0.717) is 11.6 Å². The first-order chi connectivity index (χ1) is 8.26. The fourth-order valence-electron chi connectivity index (χ4n) is 2.39. The van der Waals surface area contributed by atoms with Crippen molar-refractivity contribution < 1.29 is 9.47 Å². The van der Waals surface area contributed by atoms with Crippen LogP contribution in [0.25, 0.3) is 0 Å². The molecule has 17 heavy (non-hydrogen) atoms. The molecule has 2 N–H and O–H groups in total. The second kappa shape index (κ2) is 5.71. The Morgan fingerprint density at radius 3 is 3.00 bits per heavy atom. The van der Waals surface area contributed by atoms with Crippen molar-refractivity contribution in [1.82, 2.24) is 0 Å². The van der Waals surface area contributed by atoms with Crippen LogP contribution in [0.2, 0.25) is 5.02 Å². The van der Waals surface area contributed by atoms with E-state index < -0.39 is 0 Å². The number of hydrogen-bond donors (Lipinski definition) is 1. The molecule has 0 amide bonds. The van der Waals surface area contributed by atoms with Crippen molar-refractivity contribution in [1.29, 1.82) is 0 Å². The largest absolute Gasteiger partial charge is 0.496 e. The molecule has 1 aromatic carbocycles. The lowest BCUT2D eigenvalue weighted by Gasteiger charge is -2.23. The van der Waals surface area contributed by atoms with Gasteiger partial charge < -0.3 is 15.2 Å². The van der Waals surface area contributed by atoms with Crippen LogP contribution in [0.4, 0.5) is 0 Å². The molecule has 0 spiro atoms. The topological polar surface area (TPSA) is 44.5 Å². The van der Waals surface area contributed by atoms with Gasteiger partial charge in [0.15, 0.2) is 0 Å². The average Bonchev–Trinajstić information content (AvgIpc) is 2.84. The monoisotopic (exact) mass is 255 g/mol. The van der Waals surface area contributed by atoms with E-state index >= 15 is 0 Å². The molecule has 2 rings (SSSR count). The molecule has 3 nitrogen and oxygen atoms in total. The molecule has 1 aliphatic rings. The first-order valence-corrected chi connectivity index (χ1v) is 6.29. The van der Waals surface area contributed by atoms with Gasteiger partial charge in [0.25, 0.3) is 0 Å². The number of halogens is 1. The van der Waals surface area contributed by atoms with Crippen molar-refractivity contribution in [2.45, 2.75) is 24.9 Å². The molecule has 2 unspecified atom stereocenters. The van der Waals surface area contributed by atoms with Crippen LogP contribution in [0.3, 0.4) is 0 Å². The second-order valence-electron chi connectivity index (χ2n) is 4.28. The lowest BCUT2D eigenvalue weighted by atomic mass is 9.91. The predicted octanol–water partition coefficient (Wildman–Crippen LogP) is 2.57. The summed E-state index contributed by atoms with van der Waals surface area (Å²) in [5, 5.41) is 0.706. The summed E-state index contributed by atoms with van der Waals surface area (Å²) in [6, 6.07) is 5.64. The molecule has 1 aliphatic heterocycles. The van der Waals surface area contributed by atoms with E-state index in [2.05, 4.69) is 0 Å². The van der Waals surface area contributed by atoms with E-state index in [-0.39, 0.29) is 12.0 Å². The van der Waals surface area contributed by atoms with Crippen molar-refractivity contribution in [3.63, 3.8) is 0 Å². The highest BCUT2D eigenvalue weighted by Crippen LogP contribution is 2.35. The van der Waals surface area contributed by atoms with E-state index in [1.807, 2.05) is 18.2 Å². The predicted molar refractivity (Wildman–Crippen MR) is 68.8 cm³/mol. The van der Waals surface area contributed by atoms with Crippen LogP contribution in [0.1, 0.15) is 24.3 Å². The van der Waals surface area contributed by atoms with Gasteiger partial charge in [-0.2, -0.15) is 0 Å². The fraction of sp³-hybridized carbons (Fsp3) is 0.538. The quantitative estimate of drug-likeness (QED) is 0.899. The summed E-state index contributed by atoms with van der Waals surface area (Å²) in [6.45, 7) is 1.37. The lowest BCUT2D eigenvalue weighted by Crippen LogP contribution is -2.25. The van der Waals surface area contributed by atoms with Gasteiger partial charge in [-0.3, -0.25) is 0 Å². The smallest absolute Gasteiger partial charge is 0.122 e. The van der Waals surface area contributed by atoms with E-state index in [4.69, 9.17) is 26.8 Å². The van der Waals surface area contributed by atoms with Crippen LogP contribution in [-0.2, 0) is 4.74 Å². The van der Waals surface area contributed by atoms with E-state index in [9.17, 15) is 0 Å². The zero-order valence-corrected chi connectivity index (χ0v) is 10.7. The van der Waals surface area contributed by atoms with Crippen molar-refractivity contribution in [2.24, 2.45) is 5.73 Å². The summed E-state index contributed by atoms with van der Waals surface area (Å²) in [5.74, 6) is 0.992. The van der Waals surface area contributed by atoms with Gasteiger partial charge in [-0.05, 0) is 31.0 Å². The summed E-state index contributed by atoms with van der Waals surface area (Å²) in [6.07, 6.45) is 2.34. The molecular weight excluding hydrogens is 238 g/mol. The summed E-state index contributed by atoms with van der Waals surface area (Å²) >= 11 is 6.04. The molecule has 0 radical (unpaired) electrons. The third-order valence-corrected chi connectivity index (χ3v) is 3.49. The van der Waals surface area contributed by atoms with Gasteiger partial charge in [0.2, 0.25) is 0 Å². The van der Waals surface area contributed by atoms with E-state index in [1.54, 1.807) is 7.11 Å². The SMILES string of the molecule is COc1ccc(Cl)cc1C(CN)C1CCCO1. The van der Waals surface area contributed by atoms with Crippen molar-refractivity contribution in [3.8, 4) is 5.75 Å². The summed E-state index contributed by atoms with van der Waals surface area (Å²) in [7, 11) is 1.66. The fourth-order valence-corrected chi connectivity index (χ4v) is 2.57. The van der Waals surface area contributed by atoms with Crippen LogP contribution in [0, 0.1) is 0 Å². The Morgan fingerprint density at radius 1 is 1.59 bits per heavy atom. The molecule has 1 fully saturated rings. The maximum Gasteiger partial charge on any atom is 0.122 e. The Hall–Kier alpha value is -0.770. The zero-order valence-electron chi connectivity index (χ0n) is 9.99. The standard InChI is InChI=1S/C13H18ClNO2/c1-16-12-5-4-9(14)7-10(12)11(8-15)13-3-2-6-17-13/h4-5,7,11,13H,2-3,6,8,15H2,1H3. The number of methoxy groups -OCH3 is 1. The molecular formula is C13H18ClNO2. The van der Waals surface area contributed by atoms with Gasteiger partial charge in [-0.25, -0.2) is 0 Å². The van der Waals surface area contributed by atoms with E-state index in [1.165, 1.54) is 0 Å².